The summed E-state index contributed by atoms with van der Waals surface area (Å²) in [5, 5.41) is 3.62. The molecule has 1 saturated heterocycles. The maximum atomic E-state index is 3.62. The lowest BCUT2D eigenvalue weighted by atomic mass is 10.1. The summed E-state index contributed by atoms with van der Waals surface area (Å²) in [5.41, 5.74) is 0. The van der Waals surface area contributed by atoms with Gasteiger partial charge in [-0.2, -0.15) is 0 Å². The van der Waals surface area contributed by atoms with Gasteiger partial charge in [0.1, 0.15) is 0 Å². The van der Waals surface area contributed by atoms with Crippen LogP contribution in [0, 0.1) is 0 Å². The molecule has 0 radical (unpaired) electrons. The minimum absolute atomic E-state index is 0.728. The summed E-state index contributed by atoms with van der Waals surface area (Å²) in [6, 6.07) is 0.728. The Labute approximate surface area is 108 Å². The van der Waals surface area contributed by atoms with Crippen molar-refractivity contribution in [2.45, 2.75) is 71.3 Å². The van der Waals surface area contributed by atoms with E-state index in [9.17, 15) is 0 Å². The van der Waals surface area contributed by atoms with Crippen LogP contribution < -0.4 is 5.32 Å². The maximum Gasteiger partial charge on any atom is 0.0192 e. The van der Waals surface area contributed by atoms with E-state index < -0.39 is 0 Å². The highest BCUT2D eigenvalue weighted by Crippen LogP contribution is 2.11. The van der Waals surface area contributed by atoms with Gasteiger partial charge in [-0.05, 0) is 45.8 Å². The molecule has 1 aliphatic rings. The first-order valence-corrected chi connectivity index (χ1v) is 7.79. The second kappa shape index (κ2) is 9.90. The van der Waals surface area contributed by atoms with Gasteiger partial charge in [0.25, 0.3) is 0 Å². The van der Waals surface area contributed by atoms with Gasteiger partial charge in [-0.1, -0.05) is 39.0 Å². The first-order chi connectivity index (χ1) is 8.34. The fraction of sp³-hybridized carbons (Fsp3) is 1.00. The molecule has 0 bridgehead atoms. The van der Waals surface area contributed by atoms with Gasteiger partial charge in [-0.25, -0.2) is 0 Å². The Hall–Kier alpha value is -0.0800. The van der Waals surface area contributed by atoms with E-state index in [2.05, 4.69) is 24.1 Å². The lowest BCUT2D eigenvalue weighted by Crippen LogP contribution is -2.43. The molecule has 0 spiro atoms. The zero-order valence-electron chi connectivity index (χ0n) is 12.0. The van der Waals surface area contributed by atoms with Gasteiger partial charge in [0, 0.05) is 12.6 Å². The molecule has 0 amide bonds. The molecule has 1 fully saturated rings. The molecule has 0 aromatic heterocycles. The maximum absolute atomic E-state index is 3.62. The number of unbranched alkanes of at least 4 members (excludes halogenated alkanes) is 4. The van der Waals surface area contributed by atoms with Gasteiger partial charge >= 0.3 is 0 Å². The standard InChI is InChI=1S/C15H32N2/c1-3-4-5-6-8-11-16-14-15(2)17-12-9-7-10-13-17/h15-16H,3-14H2,1-2H3. The summed E-state index contributed by atoms with van der Waals surface area (Å²) in [7, 11) is 0. The summed E-state index contributed by atoms with van der Waals surface area (Å²) >= 11 is 0. The number of nitrogens with zero attached hydrogens (tertiary/aromatic N) is 1. The third kappa shape index (κ3) is 7.05. The summed E-state index contributed by atoms with van der Waals surface area (Å²) in [6.45, 7) is 9.67. The summed E-state index contributed by atoms with van der Waals surface area (Å²) in [5.74, 6) is 0. The van der Waals surface area contributed by atoms with Crippen LogP contribution >= 0.6 is 0 Å². The predicted octanol–water partition coefficient (Wildman–Crippen LogP) is 3.42. The zero-order chi connectivity index (χ0) is 12.3. The van der Waals surface area contributed by atoms with E-state index >= 15 is 0 Å². The number of hydrogen-bond donors (Lipinski definition) is 1. The van der Waals surface area contributed by atoms with Crippen LogP contribution in [0.25, 0.3) is 0 Å². The highest BCUT2D eigenvalue weighted by atomic mass is 15.2. The SMILES string of the molecule is CCCCCCCNCC(C)N1CCCCC1. The fourth-order valence-corrected chi connectivity index (χ4v) is 2.65. The minimum Gasteiger partial charge on any atom is -0.315 e. The molecule has 0 aromatic rings. The van der Waals surface area contributed by atoms with E-state index in [1.165, 1.54) is 77.5 Å². The molecule has 2 nitrogen and oxygen atoms in total. The van der Waals surface area contributed by atoms with Crippen molar-refractivity contribution in [2.75, 3.05) is 26.2 Å². The van der Waals surface area contributed by atoms with Crippen LogP contribution in [0.2, 0.25) is 0 Å². The molecule has 1 rings (SSSR count). The summed E-state index contributed by atoms with van der Waals surface area (Å²) in [4.78, 5) is 2.65. The lowest BCUT2D eigenvalue weighted by Gasteiger charge is -2.32. The van der Waals surface area contributed by atoms with Crippen LogP contribution in [-0.2, 0) is 0 Å². The average Bonchev–Trinajstić information content (AvgIpc) is 2.38. The highest BCUT2D eigenvalue weighted by molar-refractivity contribution is 4.73. The predicted molar refractivity (Wildman–Crippen MR) is 76.5 cm³/mol. The molecule has 2 heteroatoms. The van der Waals surface area contributed by atoms with E-state index in [0.717, 1.165) is 6.04 Å². The number of rotatable bonds is 9. The van der Waals surface area contributed by atoms with Gasteiger partial charge in [0.05, 0.1) is 0 Å². The van der Waals surface area contributed by atoms with Crippen LogP contribution in [0.4, 0.5) is 0 Å². The van der Waals surface area contributed by atoms with Crippen molar-refractivity contribution in [3.8, 4) is 0 Å². The van der Waals surface area contributed by atoms with E-state index in [4.69, 9.17) is 0 Å². The van der Waals surface area contributed by atoms with E-state index in [-0.39, 0.29) is 0 Å². The van der Waals surface area contributed by atoms with Crippen molar-refractivity contribution in [3.63, 3.8) is 0 Å². The molecule has 1 unspecified atom stereocenters. The van der Waals surface area contributed by atoms with Gasteiger partial charge < -0.3 is 5.32 Å². The normalized spacial score (nSPS) is 19.4. The molecule has 1 atom stereocenters. The third-order valence-corrected chi connectivity index (χ3v) is 3.91. The molecule has 102 valence electrons. The number of likely N-dealkylation sites (tertiary alicyclic amines) is 1. The van der Waals surface area contributed by atoms with E-state index in [0.29, 0.717) is 0 Å². The number of hydrogen-bond acceptors (Lipinski definition) is 2. The van der Waals surface area contributed by atoms with Crippen molar-refractivity contribution >= 4 is 0 Å². The second-order valence-electron chi connectivity index (χ2n) is 5.56. The Bertz CT molecular complexity index is 164. The lowest BCUT2D eigenvalue weighted by molar-refractivity contribution is 0.171. The first kappa shape index (κ1) is 15.0. The topological polar surface area (TPSA) is 15.3 Å². The smallest absolute Gasteiger partial charge is 0.0192 e. The fourth-order valence-electron chi connectivity index (χ4n) is 2.65. The molecule has 0 aromatic carbocycles. The van der Waals surface area contributed by atoms with Gasteiger partial charge in [0.2, 0.25) is 0 Å². The quantitative estimate of drug-likeness (QED) is 0.621. The molecule has 0 aliphatic carbocycles. The average molecular weight is 240 g/mol. The van der Waals surface area contributed by atoms with Crippen LogP contribution in [0.5, 0.6) is 0 Å². The Morgan fingerprint density at radius 2 is 1.71 bits per heavy atom. The minimum atomic E-state index is 0.728. The Balaban J connectivity index is 1.90. The first-order valence-electron chi connectivity index (χ1n) is 7.79. The third-order valence-electron chi connectivity index (χ3n) is 3.91. The van der Waals surface area contributed by atoms with Crippen molar-refractivity contribution in [1.29, 1.82) is 0 Å². The van der Waals surface area contributed by atoms with Crippen molar-refractivity contribution < 1.29 is 0 Å². The van der Waals surface area contributed by atoms with E-state index in [1.807, 2.05) is 0 Å². The summed E-state index contributed by atoms with van der Waals surface area (Å²) in [6.07, 6.45) is 11.2. The Morgan fingerprint density at radius 1 is 1.00 bits per heavy atom. The molecule has 17 heavy (non-hydrogen) atoms. The molecular formula is C15H32N2. The number of nitrogens with one attached hydrogen (secondary N) is 1. The van der Waals surface area contributed by atoms with Crippen LogP contribution in [-0.4, -0.2) is 37.1 Å². The Kier molecular flexibility index (Phi) is 8.72. The second-order valence-corrected chi connectivity index (χ2v) is 5.56. The van der Waals surface area contributed by atoms with Crippen LogP contribution in [0.15, 0.2) is 0 Å². The van der Waals surface area contributed by atoms with Crippen molar-refractivity contribution in [1.82, 2.24) is 10.2 Å². The van der Waals surface area contributed by atoms with Gasteiger partial charge in [0.15, 0.2) is 0 Å². The summed E-state index contributed by atoms with van der Waals surface area (Å²) < 4.78 is 0. The molecule has 0 saturated carbocycles. The largest absolute Gasteiger partial charge is 0.315 e. The Morgan fingerprint density at radius 3 is 2.41 bits per heavy atom. The molecule has 1 aliphatic heterocycles. The van der Waals surface area contributed by atoms with Gasteiger partial charge in [-0.15, -0.1) is 0 Å². The van der Waals surface area contributed by atoms with Crippen LogP contribution in [0.1, 0.15) is 65.2 Å². The van der Waals surface area contributed by atoms with Gasteiger partial charge in [-0.3, -0.25) is 4.90 Å². The molecular weight excluding hydrogens is 208 g/mol. The molecule has 1 N–H and O–H groups in total. The van der Waals surface area contributed by atoms with Crippen molar-refractivity contribution in [3.05, 3.63) is 0 Å². The van der Waals surface area contributed by atoms with E-state index in [1.54, 1.807) is 0 Å². The van der Waals surface area contributed by atoms with Crippen LogP contribution in [0.3, 0.4) is 0 Å². The molecule has 1 heterocycles. The monoisotopic (exact) mass is 240 g/mol. The van der Waals surface area contributed by atoms with Crippen molar-refractivity contribution in [2.24, 2.45) is 0 Å². The zero-order valence-corrected chi connectivity index (χ0v) is 12.0. The number of piperidine rings is 1. The highest BCUT2D eigenvalue weighted by Gasteiger charge is 2.15.